The van der Waals surface area contributed by atoms with Crippen molar-refractivity contribution in [2.45, 2.75) is 0 Å². The third-order valence-corrected chi connectivity index (χ3v) is 3.41. The highest BCUT2D eigenvalue weighted by Crippen LogP contribution is 2.22. The van der Waals surface area contributed by atoms with E-state index in [0.29, 0.717) is 5.75 Å². The van der Waals surface area contributed by atoms with Crippen LogP contribution in [0.3, 0.4) is 0 Å². The van der Waals surface area contributed by atoms with E-state index in [2.05, 4.69) is 10.1 Å². The molecule has 0 aliphatic heterocycles. The van der Waals surface area contributed by atoms with Crippen LogP contribution in [-0.2, 0) is 14.3 Å². The predicted molar refractivity (Wildman–Crippen MR) is 94.1 cm³/mol. The number of hydrogen-bond acceptors (Lipinski definition) is 7. The first-order chi connectivity index (χ1) is 12.5. The molecule has 3 N–H and O–H groups in total. The fourth-order valence-corrected chi connectivity index (χ4v) is 2.14. The van der Waals surface area contributed by atoms with Gasteiger partial charge >= 0.3 is 11.9 Å². The number of benzene rings is 2. The lowest BCUT2D eigenvalue weighted by Gasteiger charge is -2.10. The highest BCUT2D eigenvalue weighted by atomic mass is 16.5. The summed E-state index contributed by atoms with van der Waals surface area (Å²) in [7, 11) is 2.70. The summed E-state index contributed by atoms with van der Waals surface area (Å²) in [6.07, 6.45) is 0. The number of rotatable bonds is 6. The molecular formula is C18H18N2O6. The largest absolute Gasteiger partial charge is 0.495 e. The first kappa shape index (κ1) is 18.8. The number of carbonyl (C=O) groups is 3. The Labute approximate surface area is 149 Å². The van der Waals surface area contributed by atoms with Crippen molar-refractivity contribution in [3.05, 3.63) is 53.6 Å². The number of para-hydroxylation sites is 1. The molecule has 0 saturated heterocycles. The lowest BCUT2D eigenvalue weighted by Crippen LogP contribution is -2.22. The summed E-state index contributed by atoms with van der Waals surface area (Å²) in [4.78, 5) is 35.7. The molecule has 2 rings (SSSR count). The summed E-state index contributed by atoms with van der Waals surface area (Å²) in [5, 5.41) is 2.50. The van der Waals surface area contributed by atoms with Crippen LogP contribution in [0.2, 0.25) is 0 Å². The van der Waals surface area contributed by atoms with Gasteiger partial charge in [0.25, 0.3) is 5.91 Å². The van der Waals surface area contributed by atoms with Gasteiger partial charge in [0, 0.05) is 0 Å². The molecule has 8 heteroatoms. The quantitative estimate of drug-likeness (QED) is 0.598. The van der Waals surface area contributed by atoms with Crippen LogP contribution in [-0.4, -0.2) is 38.7 Å². The van der Waals surface area contributed by atoms with E-state index in [9.17, 15) is 14.4 Å². The summed E-state index contributed by atoms with van der Waals surface area (Å²) >= 11 is 0. The number of ether oxygens (including phenoxy) is 3. The van der Waals surface area contributed by atoms with E-state index < -0.39 is 24.5 Å². The van der Waals surface area contributed by atoms with Gasteiger partial charge in [-0.2, -0.15) is 0 Å². The molecule has 0 atom stereocenters. The van der Waals surface area contributed by atoms with Crippen molar-refractivity contribution >= 4 is 29.2 Å². The standard InChI is InChI=1S/C18H18N2O6/c1-24-15-8-7-11(9-13(15)19)17(22)26-10-16(21)20-14-6-4-3-5-12(14)18(23)25-2/h3-9H,10,19H2,1-2H3,(H,20,21). The van der Waals surface area contributed by atoms with Crippen molar-refractivity contribution in [2.24, 2.45) is 0 Å². The van der Waals surface area contributed by atoms with E-state index in [1.54, 1.807) is 12.1 Å². The van der Waals surface area contributed by atoms with E-state index in [-0.39, 0.29) is 22.5 Å². The van der Waals surface area contributed by atoms with Gasteiger partial charge in [0.05, 0.1) is 36.7 Å². The van der Waals surface area contributed by atoms with Gasteiger partial charge in [-0.05, 0) is 30.3 Å². The fraction of sp³-hybridized carbons (Fsp3) is 0.167. The highest BCUT2D eigenvalue weighted by molar-refractivity contribution is 6.02. The number of carbonyl (C=O) groups excluding carboxylic acids is 3. The van der Waals surface area contributed by atoms with Gasteiger partial charge in [0.15, 0.2) is 6.61 Å². The van der Waals surface area contributed by atoms with Gasteiger partial charge in [0.2, 0.25) is 0 Å². The minimum absolute atomic E-state index is 0.186. The monoisotopic (exact) mass is 358 g/mol. The average Bonchev–Trinajstić information content (AvgIpc) is 2.65. The molecule has 0 saturated carbocycles. The normalized spacial score (nSPS) is 9.92. The van der Waals surface area contributed by atoms with Crippen molar-refractivity contribution in [3.8, 4) is 5.75 Å². The molecule has 0 bridgehead atoms. The summed E-state index contributed by atoms with van der Waals surface area (Å²) < 4.78 is 14.6. The summed E-state index contributed by atoms with van der Waals surface area (Å²) in [6.45, 7) is -0.528. The lowest BCUT2D eigenvalue weighted by atomic mass is 10.2. The number of nitrogens with one attached hydrogen (secondary N) is 1. The molecule has 26 heavy (non-hydrogen) atoms. The fourth-order valence-electron chi connectivity index (χ4n) is 2.14. The van der Waals surface area contributed by atoms with Crippen LogP contribution in [0.5, 0.6) is 5.75 Å². The second-order valence-electron chi connectivity index (χ2n) is 5.12. The molecule has 136 valence electrons. The molecule has 0 unspecified atom stereocenters. The Morgan fingerprint density at radius 2 is 1.77 bits per heavy atom. The second kappa shape index (κ2) is 8.52. The number of anilines is 2. The zero-order valence-corrected chi connectivity index (χ0v) is 14.3. The maximum atomic E-state index is 12.0. The Morgan fingerprint density at radius 3 is 2.42 bits per heavy atom. The number of hydrogen-bond donors (Lipinski definition) is 2. The van der Waals surface area contributed by atoms with E-state index in [1.807, 2.05) is 0 Å². The van der Waals surface area contributed by atoms with Crippen LogP contribution in [0, 0.1) is 0 Å². The van der Waals surface area contributed by atoms with Crippen molar-refractivity contribution in [1.29, 1.82) is 0 Å². The van der Waals surface area contributed by atoms with Gasteiger partial charge in [-0.15, -0.1) is 0 Å². The van der Waals surface area contributed by atoms with E-state index in [4.69, 9.17) is 15.2 Å². The van der Waals surface area contributed by atoms with Crippen LogP contribution in [0.4, 0.5) is 11.4 Å². The zero-order valence-electron chi connectivity index (χ0n) is 14.3. The third-order valence-electron chi connectivity index (χ3n) is 3.41. The van der Waals surface area contributed by atoms with Crippen molar-refractivity contribution in [2.75, 3.05) is 31.9 Å². The molecule has 0 fully saturated rings. The molecule has 0 aliphatic rings. The van der Waals surface area contributed by atoms with Gasteiger partial charge < -0.3 is 25.3 Å². The molecule has 0 aromatic heterocycles. The van der Waals surface area contributed by atoms with Gasteiger partial charge in [-0.25, -0.2) is 9.59 Å². The molecular weight excluding hydrogens is 340 g/mol. The van der Waals surface area contributed by atoms with Crippen molar-refractivity contribution < 1.29 is 28.6 Å². The lowest BCUT2D eigenvalue weighted by molar-refractivity contribution is -0.119. The molecule has 0 spiro atoms. The van der Waals surface area contributed by atoms with E-state index >= 15 is 0 Å². The zero-order chi connectivity index (χ0) is 19.1. The van der Waals surface area contributed by atoms with Crippen LogP contribution < -0.4 is 15.8 Å². The minimum atomic E-state index is -0.712. The van der Waals surface area contributed by atoms with Gasteiger partial charge in [-0.1, -0.05) is 12.1 Å². The summed E-state index contributed by atoms with van der Waals surface area (Å²) in [5.74, 6) is -1.47. The maximum Gasteiger partial charge on any atom is 0.339 e. The Kier molecular flexibility index (Phi) is 6.15. The molecule has 0 aliphatic carbocycles. The number of esters is 2. The van der Waals surface area contributed by atoms with Crippen LogP contribution >= 0.6 is 0 Å². The van der Waals surface area contributed by atoms with Gasteiger partial charge in [0.1, 0.15) is 5.75 Å². The molecule has 0 heterocycles. The van der Waals surface area contributed by atoms with Crippen LogP contribution in [0.25, 0.3) is 0 Å². The molecule has 8 nitrogen and oxygen atoms in total. The Balaban J connectivity index is 1.98. The minimum Gasteiger partial charge on any atom is -0.495 e. The second-order valence-corrected chi connectivity index (χ2v) is 5.12. The van der Waals surface area contributed by atoms with E-state index in [1.165, 1.54) is 44.6 Å². The number of nitrogen functional groups attached to an aromatic ring is 1. The highest BCUT2D eigenvalue weighted by Gasteiger charge is 2.15. The Bertz CT molecular complexity index is 834. The average molecular weight is 358 g/mol. The SMILES string of the molecule is COC(=O)c1ccccc1NC(=O)COC(=O)c1ccc(OC)c(N)c1. The van der Waals surface area contributed by atoms with Gasteiger partial charge in [-0.3, -0.25) is 4.79 Å². The first-order valence-corrected chi connectivity index (χ1v) is 7.54. The topological polar surface area (TPSA) is 117 Å². The Hall–Kier alpha value is -3.55. The third kappa shape index (κ3) is 4.50. The van der Waals surface area contributed by atoms with Crippen molar-refractivity contribution in [3.63, 3.8) is 0 Å². The Morgan fingerprint density at radius 1 is 1.04 bits per heavy atom. The smallest absolute Gasteiger partial charge is 0.339 e. The summed E-state index contributed by atoms with van der Waals surface area (Å²) in [5.41, 5.74) is 6.64. The molecule has 1 amide bonds. The molecule has 2 aromatic carbocycles. The number of amides is 1. The number of methoxy groups -OCH3 is 2. The molecule has 0 radical (unpaired) electrons. The van der Waals surface area contributed by atoms with Crippen LogP contribution in [0.1, 0.15) is 20.7 Å². The predicted octanol–water partition coefficient (Wildman–Crippen LogP) is 1.86. The van der Waals surface area contributed by atoms with Crippen LogP contribution in [0.15, 0.2) is 42.5 Å². The molecule has 2 aromatic rings. The summed E-state index contributed by atoms with van der Waals surface area (Å²) in [6, 6.07) is 10.7. The number of nitrogens with two attached hydrogens (primary N) is 1. The van der Waals surface area contributed by atoms with E-state index in [0.717, 1.165) is 0 Å². The first-order valence-electron chi connectivity index (χ1n) is 7.54. The van der Waals surface area contributed by atoms with Crippen molar-refractivity contribution in [1.82, 2.24) is 0 Å². The maximum absolute atomic E-state index is 12.0.